The number of fused-ring (bicyclic) bond motifs is 1. The van der Waals surface area contributed by atoms with Gasteiger partial charge in [-0.25, -0.2) is 0 Å². The maximum atomic E-state index is 13.4. The number of nitrogens with zero attached hydrogens (tertiary/aromatic N) is 1. The fourth-order valence-corrected chi connectivity index (χ4v) is 4.66. The van der Waals surface area contributed by atoms with Crippen LogP contribution in [0.15, 0.2) is 72.8 Å². The number of hydrogen-bond acceptors (Lipinski definition) is 5. The molecule has 7 heteroatoms. The number of carbonyl (C=O) groups is 2. The zero-order valence-corrected chi connectivity index (χ0v) is 18.9. The summed E-state index contributed by atoms with van der Waals surface area (Å²) in [6, 6.07) is 22.5. The van der Waals surface area contributed by atoms with Crippen molar-refractivity contribution in [3.8, 4) is 17.2 Å². The van der Waals surface area contributed by atoms with E-state index in [0.29, 0.717) is 36.7 Å². The molecule has 7 nitrogen and oxygen atoms in total. The van der Waals surface area contributed by atoms with Gasteiger partial charge in [0, 0.05) is 31.1 Å². The Hall–Kier alpha value is -4.00. The van der Waals surface area contributed by atoms with E-state index >= 15 is 0 Å². The Balaban J connectivity index is 1.36. The van der Waals surface area contributed by atoms with Crippen LogP contribution in [0.3, 0.4) is 0 Å². The topological polar surface area (TPSA) is 77.1 Å². The first kappa shape index (κ1) is 21.8. The quantitative estimate of drug-likeness (QED) is 0.611. The number of para-hydroxylation sites is 1. The van der Waals surface area contributed by atoms with Gasteiger partial charge in [-0.2, -0.15) is 0 Å². The molecule has 0 aromatic heterocycles. The predicted octanol–water partition coefficient (Wildman–Crippen LogP) is 3.60. The SMILES string of the molecule is COc1ccccc1[C@@H]1CN(C(=O)c2ccccc2)C[C@@H]1C(=O)NCc1ccc2c(c1)OCO2. The highest BCUT2D eigenvalue weighted by Gasteiger charge is 2.41. The van der Waals surface area contributed by atoms with Crippen LogP contribution in [0.2, 0.25) is 0 Å². The van der Waals surface area contributed by atoms with Crippen LogP contribution >= 0.6 is 0 Å². The van der Waals surface area contributed by atoms with Gasteiger partial charge < -0.3 is 24.4 Å². The molecule has 34 heavy (non-hydrogen) atoms. The van der Waals surface area contributed by atoms with E-state index in [0.717, 1.165) is 16.9 Å². The third kappa shape index (κ3) is 4.29. The van der Waals surface area contributed by atoms with Gasteiger partial charge in [-0.3, -0.25) is 9.59 Å². The molecular formula is C27H26N2O5. The van der Waals surface area contributed by atoms with E-state index in [1.165, 1.54) is 0 Å². The van der Waals surface area contributed by atoms with Gasteiger partial charge in [0.05, 0.1) is 13.0 Å². The summed E-state index contributed by atoms with van der Waals surface area (Å²) in [5.74, 6) is 1.34. The minimum Gasteiger partial charge on any atom is -0.496 e. The van der Waals surface area contributed by atoms with Crippen LogP contribution in [0.5, 0.6) is 17.2 Å². The Morgan fingerprint density at radius 3 is 2.56 bits per heavy atom. The summed E-state index contributed by atoms with van der Waals surface area (Å²) < 4.78 is 16.4. The largest absolute Gasteiger partial charge is 0.496 e. The number of ether oxygens (including phenoxy) is 3. The standard InChI is InChI=1S/C27H26N2O5/c1-32-23-10-6-5-9-20(23)21-15-29(27(31)19-7-3-2-4-8-19)16-22(21)26(30)28-14-18-11-12-24-25(13-18)34-17-33-24/h2-13,21-22H,14-17H2,1H3,(H,28,30)/t21-,22-/m0/s1. The monoisotopic (exact) mass is 458 g/mol. The first-order chi connectivity index (χ1) is 16.6. The van der Waals surface area contributed by atoms with Crippen molar-refractivity contribution >= 4 is 11.8 Å². The molecule has 1 fully saturated rings. The molecule has 0 spiro atoms. The minimum absolute atomic E-state index is 0.0773. The zero-order valence-electron chi connectivity index (χ0n) is 18.9. The van der Waals surface area contributed by atoms with Crippen LogP contribution in [-0.4, -0.2) is 43.7 Å². The van der Waals surface area contributed by atoms with E-state index in [1.807, 2.05) is 60.7 Å². The molecule has 0 radical (unpaired) electrons. The predicted molar refractivity (Wildman–Crippen MR) is 126 cm³/mol. The molecule has 174 valence electrons. The molecule has 0 aliphatic carbocycles. The first-order valence-electron chi connectivity index (χ1n) is 11.3. The molecule has 3 aromatic rings. The molecule has 0 saturated carbocycles. The highest BCUT2D eigenvalue weighted by atomic mass is 16.7. The molecule has 2 aliphatic heterocycles. The van der Waals surface area contributed by atoms with E-state index in [1.54, 1.807) is 24.1 Å². The van der Waals surface area contributed by atoms with Gasteiger partial charge in [0.25, 0.3) is 5.91 Å². The number of amides is 2. The highest BCUT2D eigenvalue weighted by Crippen LogP contribution is 2.38. The maximum Gasteiger partial charge on any atom is 0.253 e. The Morgan fingerprint density at radius 1 is 0.971 bits per heavy atom. The number of nitrogens with one attached hydrogen (secondary N) is 1. The van der Waals surface area contributed by atoms with Crippen molar-refractivity contribution in [1.29, 1.82) is 0 Å². The number of likely N-dealkylation sites (tertiary alicyclic amines) is 1. The summed E-state index contributed by atoms with van der Waals surface area (Å²) in [5.41, 5.74) is 2.46. The lowest BCUT2D eigenvalue weighted by Gasteiger charge is -2.20. The van der Waals surface area contributed by atoms with Crippen molar-refractivity contribution in [2.24, 2.45) is 5.92 Å². The van der Waals surface area contributed by atoms with Gasteiger partial charge in [0.2, 0.25) is 12.7 Å². The lowest BCUT2D eigenvalue weighted by molar-refractivity contribution is -0.125. The summed E-state index contributed by atoms with van der Waals surface area (Å²) in [6.45, 7) is 1.34. The highest BCUT2D eigenvalue weighted by molar-refractivity contribution is 5.95. The third-order valence-corrected chi connectivity index (χ3v) is 6.41. The summed E-state index contributed by atoms with van der Waals surface area (Å²) in [6.07, 6.45) is 0. The average Bonchev–Trinajstić information content (AvgIpc) is 3.54. The van der Waals surface area contributed by atoms with Gasteiger partial charge in [0.1, 0.15) is 5.75 Å². The number of methoxy groups -OCH3 is 1. The molecule has 5 rings (SSSR count). The van der Waals surface area contributed by atoms with Crippen molar-refractivity contribution in [3.63, 3.8) is 0 Å². The Bertz CT molecular complexity index is 1200. The fraction of sp³-hybridized carbons (Fsp3) is 0.259. The summed E-state index contributed by atoms with van der Waals surface area (Å²) in [4.78, 5) is 28.3. The Labute approximate surface area is 198 Å². The Kier molecular flexibility index (Phi) is 6.08. The molecule has 3 aromatic carbocycles. The van der Waals surface area contributed by atoms with Crippen LogP contribution in [-0.2, 0) is 11.3 Å². The molecule has 2 amide bonds. The molecule has 0 unspecified atom stereocenters. The first-order valence-corrected chi connectivity index (χ1v) is 11.3. The second-order valence-electron chi connectivity index (χ2n) is 8.44. The van der Waals surface area contributed by atoms with Crippen molar-refractivity contribution in [1.82, 2.24) is 10.2 Å². The summed E-state index contributed by atoms with van der Waals surface area (Å²) in [5, 5.41) is 3.05. The lowest BCUT2D eigenvalue weighted by Crippen LogP contribution is -2.35. The Morgan fingerprint density at radius 2 is 1.74 bits per heavy atom. The van der Waals surface area contributed by atoms with Crippen LogP contribution in [0.1, 0.15) is 27.4 Å². The molecule has 2 aliphatic rings. The van der Waals surface area contributed by atoms with E-state index in [-0.39, 0.29) is 24.5 Å². The maximum absolute atomic E-state index is 13.4. The molecule has 2 atom stereocenters. The van der Waals surface area contributed by atoms with Gasteiger partial charge >= 0.3 is 0 Å². The van der Waals surface area contributed by atoms with E-state index in [2.05, 4.69) is 5.32 Å². The van der Waals surface area contributed by atoms with Crippen LogP contribution in [0.25, 0.3) is 0 Å². The third-order valence-electron chi connectivity index (χ3n) is 6.41. The molecule has 0 bridgehead atoms. The van der Waals surface area contributed by atoms with Gasteiger partial charge in [-0.1, -0.05) is 42.5 Å². The fourth-order valence-electron chi connectivity index (χ4n) is 4.66. The average molecular weight is 459 g/mol. The summed E-state index contributed by atoms with van der Waals surface area (Å²) >= 11 is 0. The van der Waals surface area contributed by atoms with Crippen LogP contribution < -0.4 is 19.5 Å². The van der Waals surface area contributed by atoms with Gasteiger partial charge in [-0.15, -0.1) is 0 Å². The van der Waals surface area contributed by atoms with Crippen molar-refractivity contribution in [2.75, 3.05) is 27.0 Å². The number of rotatable bonds is 6. The number of benzene rings is 3. The van der Waals surface area contributed by atoms with Gasteiger partial charge in [-0.05, 0) is 41.5 Å². The number of hydrogen-bond donors (Lipinski definition) is 1. The van der Waals surface area contributed by atoms with Crippen LogP contribution in [0, 0.1) is 5.92 Å². The lowest BCUT2D eigenvalue weighted by atomic mass is 9.87. The zero-order chi connectivity index (χ0) is 23.5. The normalized spacial score (nSPS) is 18.6. The van der Waals surface area contributed by atoms with E-state index in [9.17, 15) is 9.59 Å². The molecule has 1 saturated heterocycles. The van der Waals surface area contributed by atoms with E-state index in [4.69, 9.17) is 14.2 Å². The van der Waals surface area contributed by atoms with Gasteiger partial charge in [0.15, 0.2) is 11.5 Å². The van der Waals surface area contributed by atoms with Crippen molar-refractivity contribution < 1.29 is 23.8 Å². The second-order valence-corrected chi connectivity index (χ2v) is 8.44. The number of carbonyl (C=O) groups excluding carboxylic acids is 2. The molecular weight excluding hydrogens is 432 g/mol. The van der Waals surface area contributed by atoms with Crippen molar-refractivity contribution in [2.45, 2.75) is 12.5 Å². The van der Waals surface area contributed by atoms with Crippen LogP contribution in [0.4, 0.5) is 0 Å². The van der Waals surface area contributed by atoms with E-state index < -0.39 is 5.92 Å². The minimum atomic E-state index is -0.405. The van der Waals surface area contributed by atoms with Crippen molar-refractivity contribution in [3.05, 3.63) is 89.5 Å². The second kappa shape index (κ2) is 9.47. The molecule has 1 N–H and O–H groups in total. The smallest absolute Gasteiger partial charge is 0.253 e. The summed E-state index contributed by atoms with van der Waals surface area (Å²) in [7, 11) is 1.62. The molecule has 2 heterocycles.